The molecule has 3 rings (SSSR count). The van der Waals surface area contributed by atoms with Gasteiger partial charge in [-0.15, -0.1) is 0 Å². The minimum absolute atomic E-state index is 0.00336. The summed E-state index contributed by atoms with van der Waals surface area (Å²) in [6.45, 7) is -0.861. The Labute approximate surface area is 156 Å². The SMILES string of the molecule is COc1cccc(CC2CCCN2C(=O)C2CC(=O)N(CC(F)(F)F)C2)c1. The van der Waals surface area contributed by atoms with Gasteiger partial charge in [-0.05, 0) is 37.0 Å². The van der Waals surface area contributed by atoms with Crippen LogP contribution in [0.3, 0.4) is 0 Å². The van der Waals surface area contributed by atoms with Gasteiger partial charge in [-0.3, -0.25) is 9.59 Å². The number of hydrogen-bond acceptors (Lipinski definition) is 3. The number of rotatable bonds is 5. The van der Waals surface area contributed by atoms with E-state index in [1.807, 2.05) is 24.3 Å². The van der Waals surface area contributed by atoms with Crippen molar-refractivity contribution in [3.8, 4) is 5.75 Å². The van der Waals surface area contributed by atoms with Crippen molar-refractivity contribution in [3.63, 3.8) is 0 Å². The predicted octanol–water partition coefficient (Wildman–Crippen LogP) is 2.64. The minimum Gasteiger partial charge on any atom is -0.497 e. The van der Waals surface area contributed by atoms with Crippen LogP contribution in [0.5, 0.6) is 5.75 Å². The number of benzene rings is 1. The van der Waals surface area contributed by atoms with Gasteiger partial charge in [0, 0.05) is 25.6 Å². The summed E-state index contributed by atoms with van der Waals surface area (Å²) >= 11 is 0. The summed E-state index contributed by atoms with van der Waals surface area (Å²) in [5.74, 6) is -0.758. The van der Waals surface area contributed by atoms with Crippen LogP contribution in [0, 0.1) is 5.92 Å². The maximum atomic E-state index is 12.9. The standard InChI is InChI=1S/C19H23F3N2O3/c1-27-16-6-2-4-13(9-16)8-15-5-3-7-24(15)18(26)14-10-17(25)23(11-14)12-19(20,21)22/h2,4,6,9,14-15H,3,5,7-8,10-12H2,1H3. The number of halogens is 3. The molecular formula is C19H23F3N2O3. The molecule has 2 aliphatic heterocycles. The maximum Gasteiger partial charge on any atom is 0.406 e. The number of carbonyl (C=O) groups excluding carboxylic acids is 2. The van der Waals surface area contributed by atoms with Crippen LogP contribution in [0.25, 0.3) is 0 Å². The van der Waals surface area contributed by atoms with Gasteiger partial charge in [-0.2, -0.15) is 13.2 Å². The molecule has 2 fully saturated rings. The lowest BCUT2D eigenvalue weighted by Crippen LogP contribution is -2.42. The zero-order chi connectivity index (χ0) is 19.6. The van der Waals surface area contributed by atoms with E-state index in [2.05, 4.69) is 0 Å². The number of nitrogens with zero attached hydrogens (tertiary/aromatic N) is 2. The zero-order valence-corrected chi connectivity index (χ0v) is 15.2. The molecule has 27 heavy (non-hydrogen) atoms. The molecule has 1 aromatic carbocycles. The summed E-state index contributed by atoms with van der Waals surface area (Å²) in [5.41, 5.74) is 1.04. The van der Waals surface area contributed by atoms with Crippen molar-refractivity contribution in [2.75, 3.05) is 26.7 Å². The predicted molar refractivity (Wildman–Crippen MR) is 92.2 cm³/mol. The summed E-state index contributed by atoms with van der Waals surface area (Å²) in [6.07, 6.45) is -2.23. The highest BCUT2D eigenvalue weighted by molar-refractivity contribution is 5.89. The number of carbonyl (C=O) groups is 2. The van der Waals surface area contributed by atoms with Crippen LogP contribution < -0.4 is 4.74 Å². The highest BCUT2D eigenvalue weighted by atomic mass is 19.4. The van der Waals surface area contributed by atoms with Crippen LogP contribution in [0.4, 0.5) is 13.2 Å². The van der Waals surface area contributed by atoms with Crippen molar-refractivity contribution in [2.45, 2.75) is 37.9 Å². The van der Waals surface area contributed by atoms with E-state index in [1.54, 1.807) is 12.0 Å². The zero-order valence-electron chi connectivity index (χ0n) is 15.2. The molecule has 1 aromatic rings. The molecule has 148 valence electrons. The minimum atomic E-state index is -4.45. The molecule has 0 saturated carbocycles. The van der Waals surface area contributed by atoms with Crippen molar-refractivity contribution in [3.05, 3.63) is 29.8 Å². The molecule has 0 aliphatic carbocycles. The third-order valence-corrected chi connectivity index (χ3v) is 5.20. The monoisotopic (exact) mass is 384 g/mol. The van der Waals surface area contributed by atoms with Gasteiger partial charge < -0.3 is 14.5 Å². The van der Waals surface area contributed by atoms with Crippen LogP contribution in [-0.4, -0.2) is 60.6 Å². The molecule has 2 atom stereocenters. The summed E-state index contributed by atoms with van der Waals surface area (Å²) in [4.78, 5) is 27.2. The van der Waals surface area contributed by atoms with Crippen molar-refractivity contribution in [1.29, 1.82) is 0 Å². The largest absolute Gasteiger partial charge is 0.497 e. The highest BCUT2D eigenvalue weighted by Crippen LogP contribution is 2.29. The molecule has 2 amide bonds. The van der Waals surface area contributed by atoms with E-state index in [0.29, 0.717) is 13.0 Å². The first-order valence-electron chi connectivity index (χ1n) is 9.05. The van der Waals surface area contributed by atoms with E-state index in [-0.39, 0.29) is 24.9 Å². The molecule has 2 aliphatic rings. The van der Waals surface area contributed by atoms with Gasteiger partial charge in [-0.1, -0.05) is 12.1 Å². The molecule has 2 heterocycles. The number of hydrogen-bond donors (Lipinski definition) is 0. The Hall–Kier alpha value is -2.25. The van der Waals surface area contributed by atoms with Crippen LogP contribution >= 0.6 is 0 Å². The van der Waals surface area contributed by atoms with Crippen LogP contribution in [0.1, 0.15) is 24.8 Å². The van der Waals surface area contributed by atoms with Crippen molar-refractivity contribution < 1.29 is 27.5 Å². The second-order valence-corrected chi connectivity index (χ2v) is 7.17. The van der Waals surface area contributed by atoms with E-state index >= 15 is 0 Å². The summed E-state index contributed by atoms with van der Waals surface area (Å²) < 4.78 is 43.0. The second-order valence-electron chi connectivity index (χ2n) is 7.17. The Morgan fingerprint density at radius 3 is 2.81 bits per heavy atom. The van der Waals surface area contributed by atoms with Gasteiger partial charge in [0.2, 0.25) is 11.8 Å². The van der Waals surface area contributed by atoms with Gasteiger partial charge in [0.05, 0.1) is 13.0 Å². The molecule has 5 nitrogen and oxygen atoms in total. The van der Waals surface area contributed by atoms with E-state index < -0.39 is 24.5 Å². The quantitative estimate of drug-likeness (QED) is 0.784. The Balaban J connectivity index is 1.64. The Morgan fingerprint density at radius 1 is 1.33 bits per heavy atom. The fraction of sp³-hybridized carbons (Fsp3) is 0.579. The smallest absolute Gasteiger partial charge is 0.406 e. The normalized spacial score (nSPS) is 23.2. The Bertz CT molecular complexity index is 708. The fourth-order valence-corrected chi connectivity index (χ4v) is 3.95. The fourth-order valence-electron chi connectivity index (χ4n) is 3.95. The molecule has 0 bridgehead atoms. The average Bonchev–Trinajstić information content (AvgIpc) is 3.20. The van der Waals surface area contributed by atoms with Crippen molar-refractivity contribution in [2.24, 2.45) is 5.92 Å². The van der Waals surface area contributed by atoms with E-state index in [9.17, 15) is 22.8 Å². The van der Waals surface area contributed by atoms with Gasteiger partial charge in [-0.25, -0.2) is 0 Å². The first-order chi connectivity index (χ1) is 12.8. The van der Waals surface area contributed by atoms with Crippen molar-refractivity contribution in [1.82, 2.24) is 9.80 Å². The maximum absolute atomic E-state index is 12.9. The molecule has 0 N–H and O–H groups in total. The van der Waals surface area contributed by atoms with Crippen LogP contribution in [0.15, 0.2) is 24.3 Å². The number of ether oxygens (including phenoxy) is 1. The number of methoxy groups -OCH3 is 1. The second kappa shape index (κ2) is 7.78. The van der Waals surface area contributed by atoms with Crippen LogP contribution in [0.2, 0.25) is 0 Å². The third kappa shape index (κ3) is 4.73. The summed E-state index contributed by atoms with van der Waals surface area (Å²) in [7, 11) is 1.59. The number of amides is 2. The third-order valence-electron chi connectivity index (χ3n) is 5.20. The molecule has 2 unspecified atom stereocenters. The lowest BCUT2D eigenvalue weighted by atomic mass is 10.0. The van der Waals surface area contributed by atoms with Gasteiger partial charge in [0.1, 0.15) is 12.3 Å². The van der Waals surface area contributed by atoms with E-state index in [4.69, 9.17) is 4.74 Å². The van der Waals surface area contributed by atoms with Crippen molar-refractivity contribution >= 4 is 11.8 Å². The summed E-state index contributed by atoms with van der Waals surface area (Å²) in [6, 6.07) is 7.62. The van der Waals surface area contributed by atoms with E-state index in [0.717, 1.165) is 29.1 Å². The Morgan fingerprint density at radius 2 is 2.11 bits per heavy atom. The van der Waals surface area contributed by atoms with E-state index in [1.165, 1.54) is 0 Å². The van der Waals surface area contributed by atoms with Gasteiger partial charge in [0.25, 0.3) is 0 Å². The number of alkyl halides is 3. The lowest BCUT2D eigenvalue weighted by Gasteiger charge is -2.27. The topological polar surface area (TPSA) is 49.9 Å². The Kier molecular flexibility index (Phi) is 5.62. The lowest BCUT2D eigenvalue weighted by molar-refractivity contribution is -0.157. The summed E-state index contributed by atoms with van der Waals surface area (Å²) in [5, 5.41) is 0. The highest BCUT2D eigenvalue weighted by Gasteiger charge is 2.43. The first-order valence-corrected chi connectivity index (χ1v) is 9.05. The molecule has 0 aromatic heterocycles. The molecule has 8 heteroatoms. The van der Waals surface area contributed by atoms with Gasteiger partial charge >= 0.3 is 6.18 Å². The molecule has 0 radical (unpaired) electrons. The van der Waals surface area contributed by atoms with Crippen LogP contribution in [-0.2, 0) is 16.0 Å². The average molecular weight is 384 g/mol. The molecule has 2 saturated heterocycles. The van der Waals surface area contributed by atoms with Gasteiger partial charge in [0.15, 0.2) is 0 Å². The first kappa shape index (κ1) is 19.5. The molecular weight excluding hydrogens is 361 g/mol. The molecule has 0 spiro atoms. The number of likely N-dealkylation sites (tertiary alicyclic amines) is 2.